The summed E-state index contributed by atoms with van der Waals surface area (Å²) in [5.74, 6) is 0.203. The molecular weight excluding hydrogens is 400 g/mol. The van der Waals surface area contributed by atoms with Crippen LogP contribution in [0, 0.1) is 12.8 Å². The van der Waals surface area contributed by atoms with E-state index < -0.39 is 0 Å². The van der Waals surface area contributed by atoms with E-state index >= 15 is 0 Å². The zero-order chi connectivity index (χ0) is 22.1. The molecule has 170 valence electrons. The van der Waals surface area contributed by atoms with Gasteiger partial charge in [0.2, 0.25) is 5.91 Å². The van der Waals surface area contributed by atoms with Crippen LogP contribution in [0.1, 0.15) is 67.4 Å². The fourth-order valence-electron chi connectivity index (χ4n) is 5.41. The van der Waals surface area contributed by atoms with Crippen LogP contribution in [0.2, 0.25) is 0 Å². The van der Waals surface area contributed by atoms with Gasteiger partial charge in [-0.25, -0.2) is 0 Å². The summed E-state index contributed by atoms with van der Waals surface area (Å²) < 4.78 is 0. The summed E-state index contributed by atoms with van der Waals surface area (Å²) in [5.41, 5.74) is 2.99. The highest BCUT2D eigenvalue weighted by atomic mass is 16.2. The van der Waals surface area contributed by atoms with E-state index in [1.807, 2.05) is 36.1 Å². The molecule has 3 fully saturated rings. The molecule has 0 atom stereocenters. The molecule has 3 aliphatic rings. The van der Waals surface area contributed by atoms with Crippen molar-refractivity contribution in [3.8, 4) is 0 Å². The van der Waals surface area contributed by atoms with E-state index in [1.54, 1.807) is 0 Å². The standard InChI is InChI=1S/C26H34N4O2/c1-18-10-11-22-23(16-20(17-24(22)27-18)28-25(31)19-6-5-7-19)26(32)30-14-12-29(13-15-30)21-8-3-2-4-9-21/h10-11,16-17,19,21H,2-9,12-15H2,1H3,(H,28,31). The fourth-order valence-corrected chi connectivity index (χ4v) is 5.41. The van der Waals surface area contributed by atoms with E-state index in [0.29, 0.717) is 17.3 Å². The first-order valence-electron chi connectivity index (χ1n) is 12.3. The van der Waals surface area contributed by atoms with E-state index in [9.17, 15) is 9.59 Å². The van der Waals surface area contributed by atoms with Crippen molar-refractivity contribution in [1.29, 1.82) is 0 Å². The zero-order valence-corrected chi connectivity index (χ0v) is 19.1. The molecule has 0 bridgehead atoms. The van der Waals surface area contributed by atoms with Gasteiger partial charge in [0.15, 0.2) is 0 Å². The highest BCUT2D eigenvalue weighted by molar-refractivity contribution is 6.08. The van der Waals surface area contributed by atoms with Crippen LogP contribution in [-0.4, -0.2) is 58.8 Å². The van der Waals surface area contributed by atoms with Crippen LogP contribution in [-0.2, 0) is 4.79 Å². The van der Waals surface area contributed by atoms with Gasteiger partial charge in [0, 0.05) is 54.9 Å². The van der Waals surface area contributed by atoms with Crippen molar-refractivity contribution in [3.63, 3.8) is 0 Å². The third-order valence-corrected chi connectivity index (χ3v) is 7.61. The summed E-state index contributed by atoms with van der Waals surface area (Å²) in [7, 11) is 0. The van der Waals surface area contributed by atoms with Crippen molar-refractivity contribution in [2.24, 2.45) is 5.92 Å². The van der Waals surface area contributed by atoms with Gasteiger partial charge < -0.3 is 10.2 Å². The predicted octanol–water partition coefficient (Wildman–Crippen LogP) is 4.37. The second-order valence-electron chi connectivity index (χ2n) is 9.78. The molecule has 2 aliphatic carbocycles. The minimum Gasteiger partial charge on any atom is -0.336 e. The molecule has 5 rings (SSSR count). The smallest absolute Gasteiger partial charge is 0.254 e. The second-order valence-corrected chi connectivity index (χ2v) is 9.78. The molecule has 6 heteroatoms. The molecule has 2 saturated carbocycles. The zero-order valence-electron chi connectivity index (χ0n) is 19.1. The molecule has 32 heavy (non-hydrogen) atoms. The number of aryl methyl sites for hydroxylation is 1. The SMILES string of the molecule is Cc1ccc2c(C(=O)N3CCN(C4CCCCC4)CC3)cc(NC(=O)C3CCC3)cc2n1. The number of hydrogen-bond acceptors (Lipinski definition) is 4. The van der Waals surface area contributed by atoms with E-state index in [2.05, 4.69) is 15.2 Å². The molecule has 1 aromatic heterocycles. The number of amides is 2. The number of nitrogens with one attached hydrogen (secondary N) is 1. The van der Waals surface area contributed by atoms with Gasteiger partial charge in [-0.1, -0.05) is 31.7 Å². The molecule has 0 spiro atoms. The van der Waals surface area contributed by atoms with Crippen molar-refractivity contribution in [2.45, 2.75) is 64.3 Å². The lowest BCUT2D eigenvalue weighted by Gasteiger charge is -2.40. The van der Waals surface area contributed by atoms with Gasteiger partial charge >= 0.3 is 0 Å². The van der Waals surface area contributed by atoms with Crippen molar-refractivity contribution in [2.75, 3.05) is 31.5 Å². The number of pyridine rings is 1. The van der Waals surface area contributed by atoms with Crippen LogP contribution >= 0.6 is 0 Å². The highest BCUT2D eigenvalue weighted by Gasteiger charge is 2.29. The molecule has 6 nitrogen and oxygen atoms in total. The van der Waals surface area contributed by atoms with Crippen molar-refractivity contribution < 1.29 is 9.59 Å². The molecule has 0 unspecified atom stereocenters. The fraction of sp³-hybridized carbons (Fsp3) is 0.577. The number of aromatic nitrogens is 1. The number of anilines is 1. The molecule has 1 aliphatic heterocycles. The Morgan fingerprint density at radius 2 is 1.69 bits per heavy atom. The summed E-state index contributed by atoms with van der Waals surface area (Å²) in [4.78, 5) is 35.3. The van der Waals surface area contributed by atoms with Gasteiger partial charge in [0.25, 0.3) is 5.91 Å². The molecule has 2 aromatic rings. The number of carbonyl (C=O) groups is 2. The van der Waals surface area contributed by atoms with Crippen molar-refractivity contribution >= 4 is 28.4 Å². The topological polar surface area (TPSA) is 65.5 Å². The second kappa shape index (κ2) is 9.18. The summed E-state index contributed by atoms with van der Waals surface area (Å²) >= 11 is 0. The Labute approximate surface area is 190 Å². The Hall–Kier alpha value is -2.47. The van der Waals surface area contributed by atoms with Crippen LogP contribution in [0.25, 0.3) is 10.9 Å². The van der Waals surface area contributed by atoms with Gasteiger partial charge in [-0.05, 0) is 50.8 Å². The summed E-state index contributed by atoms with van der Waals surface area (Å²) in [6, 6.07) is 8.38. The number of piperazine rings is 1. The average molecular weight is 435 g/mol. The quantitative estimate of drug-likeness (QED) is 0.776. The van der Waals surface area contributed by atoms with Crippen LogP contribution in [0.5, 0.6) is 0 Å². The number of carbonyl (C=O) groups excluding carboxylic acids is 2. The largest absolute Gasteiger partial charge is 0.336 e. The van der Waals surface area contributed by atoms with Gasteiger partial charge in [0.1, 0.15) is 0 Å². The Balaban J connectivity index is 1.36. The Bertz CT molecular complexity index is 1000. The minimum absolute atomic E-state index is 0.0451. The van der Waals surface area contributed by atoms with E-state index in [0.717, 1.165) is 62.0 Å². The van der Waals surface area contributed by atoms with Crippen molar-refractivity contribution in [1.82, 2.24) is 14.8 Å². The first-order valence-corrected chi connectivity index (χ1v) is 12.3. The van der Waals surface area contributed by atoms with Gasteiger partial charge in [-0.15, -0.1) is 0 Å². The Morgan fingerprint density at radius 1 is 0.938 bits per heavy atom. The molecule has 1 saturated heterocycles. The molecule has 2 heterocycles. The highest BCUT2D eigenvalue weighted by Crippen LogP contribution is 2.30. The number of hydrogen-bond donors (Lipinski definition) is 1. The van der Waals surface area contributed by atoms with Gasteiger partial charge in [-0.3, -0.25) is 19.5 Å². The third kappa shape index (κ3) is 4.38. The van der Waals surface area contributed by atoms with E-state index in [1.165, 1.54) is 32.1 Å². The monoisotopic (exact) mass is 434 g/mol. The molecular formula is C26H34N4O2. The maximum absolute atomic E-state index is 13.6. The molecule has 0 radical (unpaired) electrons. The van der Waals surface area contributed by atoms with Gasteiger partial charge in [0.05, 0.1) is 11.1 Å². The first kappa shape index (κ1) is 21.4. The number of fused-ring (bicyclic) bond motifs is 1. The number of rotatable bonds is 4. The van der Waals surface area contributed by atoms with Crippen LogP contribution in [0.15, 0.2) is 24.3 Å². The maximum Gasteiger partial charge on any atom is 0.254 e. The van der Waals surface area contributed by atoms with Crippen LogP contribution in [0.3, 0.4) is 0 Å². The normalized spacial score (nSPS) is 20.8. The summed E-state index contributed by atoms with van der Waals surface area (Å²) in [6.07, 6.45) is 9.65. The summed E-state index contributed by atoms with van der Waals surface area (Å²) in [6.45, 7) is 5.36. The molecule has 1 aromatic carbocycles. The third-order valence-electron chi connectivity index (χ3n) is 7.61. The Kier molecular flexibility index (Phi) is 6.13. The van der Waals surface area contributed by atoms with Crippen molar-refractivity contribution in [3.05, 3.63) is 35.5 Å². The van der Waals surface area contributed by atoms with Crippen LogP contribution < -0.4 is 5.32 Å². The predicted molar refractivity (Wildman–Crippen MR) is 127 cm³/mol. The number of benzene rings is 1. The lowest BCUT2D eigenvalue weighted by molar-refractivity contribution is -0.122. The van der Waals surface area contributed by atoms with E-state index in [-0.39, 0.29) is 17.7 Å². The lowest BCUT2D eigenvalue weighted by Crippen LogP contribution is -2.52. The maximum atomic E-state index is 13.6. The number of nitrogens with zero attached hydrogens (tertiary/aromatic N) is 3. The lowest BCUT2D eigenvalue weighted by atomic mass is 9.85. The molecule has 2 amide bonds. The van der Waals surface area contributed by atoms with Gasteiger partial charge in [-0.2, -0.15) is 0 Å². The molecule has 1 N–H and O–H groups in total. The van der Waals surface area contributed by atoms with E-state index in [4.69, 9.17) is 0 Å². The average Bonchev–Trinajstić information content (AvgIpc) is 2.77. The Morgan fingerprint density at radius 3 is 2.38 bits per heavy atom. The summed E-state index contributed by atoms with van der Waals surface area (Å²) in [5, 5.41) is 3.90. The minimum atomic E-state index is 0.0451. The first-order chi connectivity index (χ1) is 15.6. The van der Waals surface area contributed by atoms with Crippen LogP contribution in [0.4, 0.5) is 5.69 Å².